The van der Waals surface area contributed by atoms with Crippen molar-refractivity contribution in [1.82, 2.24) is 29.9 Å². The minimum absolute atomic E-state index is 0.696. The van der Waals surface area contributed by atoms with Crippen molar-refractivity contribution in [3.63, 3.8) is 0 Å². The number of aromatic amines is 2. The van der Waals surface area contributed by atoms with Crippen molar-refractivity contribution in [1.29, 1.82) is 0 Å². The van der Waals surface area contributed by atoms with E-state index in [1.54, 1.807) is 0 Å². The molecule has 0 aliphatic heterocycles. The predicted octanol–water partition coefficient (Wildman–Crippen LogP) is 8.41. The summed E-state index contributed by atoms with van der Waals surface area (Å²) >= 11 is 0. The molecule has 2 N–H and O–H groups in total. The number of hydrogen-bond acceptors (Lipinski definition) is 4. The zero-order valence-corrected chi connectivity index (χ0v) is 22.1. The van der Waals surface area contributed by atoms with Crippen LogP contribution < -0.4 is 0 Å². The Morgan fingerprint density at radius 2 is 0.950 bits per heavy atom. The second-order valence-electron chi connectivity index (χ2n) is 9.97. The number of benzene rings is 2. The van der Waals surface area contributed by atoms with Gasteiger partial charge in [0.25, 0.3) is 0 Å². The van der Waals surface area contributed by atoms with Crippen molar-refractivity contribution in [3.05, 3.63) is 96.4 Å². The van der Waals surface area contributed by atoms with Gasteiger partial charge in [0, 0.05) is 54.9 Å². The molecular weight excluding hydrogens is 492 g/mol. The molecule has 2 aliphatic carbocycles. The molecule has 190 valence electrons. The summed E-state index contributed by atoms with van der Waals surface area (Å²) < 4.78 is 0. The number of H-pyrrole nitrogens is 2. The molecule has 0 saturated heterocycles. The van der Waals surface area contributed by atoms with Crippen molar-refractivity contribution in [2.24, 2.45) is 0 Å². The smallest absolute Gasteiger partial charge is 0.140 e. The van der Waals surface area contributed by atoms with Crippen molar-refractivity contribution >= 4 is 67.4 Å². The van der Waals surface area contributed by atoms with E-state index >= 15 is 0 Å². The normalized spacial score (nSPS) is 15.1. The van der Waals surface area contributed by atoms with E-state index in [4.69, 9.17) is 19.9 Å². The van der Waals surface area contributed by atoms with Crippen LogP contribution in [0.4, 0.5) is 0 Å². The first kappa shape index (κ1) is 22.6. The number of rotatable bonds is 2. The first-order valence-electron chi connectivity index (χ1n) is 13.3. The summed E-state index contributed by atoms with van der Waals surface area (Å²) in [5, 5.41) is 3.92. The van der Waals surface area contributed by atoms with Crippen molar-refractivity contribution < 1.29 is 0 Å². The standard InChI is InChI=1S/C34H24N6/c1-5-17-18(6-2)28-25-26-29(37-32-20(8-4)19(7-3)31(39-32)35-27(17)25)21-13-9-10-14-22(21)30(26)38-34-24-16-12-11-15-23(24)33(36-28)40-34/h5-16H,3-4H2,1-2H3,(H,35,37,39)(H,36,38,40)/b17-5+,18-6+. The topological polar surface area (TPSA) is 83.1 Å². The fraction of sp³-hybridized carbons (Fsp3) is 0.0588. The minimum atomic E-state index is 0.696. The summed E-state index contributed by atoms with van der Waals surface area (Å²) in [5.74, 6) is 0. The average molecular weight is 517 g/mol. The van der Waals surface area contributed by atoms with Gasteiger partial charge < -0.3 is 9.97 Å². The molecule has 2 aromatic carbocycles. The van der Waals surface area contributed by atoms with E-state index < -0.39 is 0 Å². The molecule has 0 amide bonds. The number of hydrogen-bond donors (Lipinski definition) is 2. The number of nitrogens with zero attached hydrogens (tertiary/aromatic N) is 4. The number of nitrogens with one attached hydrogen (secondary N) is 2. The number of allylic oxidation sites excluding steroid dienone is 4. The van der Waals surface area contributed by atoms with Crippen LogP contribution >= 0.6 is 0 Å². The van der Waals surface area contributed by atoms with Crippen LogP contribution in [0.3, 0.4) is 0 Å². The lowest BCUT2D eigenvalue weighted by Crippen LogP contribution is -1.86. The summed E-state index contributed by atoms with van der Waals surface area (Å²) in [6.07, 6.45) is 7.86. The quantitative estimate of drug-likeness (QED) is 0.242. The zero-order chi connectivity index (χ0) is 27.1. The van der Waals surface area contributed by atoms with Crippen molar-refractivity contribution in [2.75, 3.05) is 0 Å². The molecule has 8 rings (SSSR count). The molecular formula is C34H24N6. The van der Waals surface area contributed by atoms with E-state index in [-0.39, 0.29) is 0 Å². The van der Waals surface area contributed by atoms with Crippen LogP contribution in [0.15, 0.2) is 73.8 Å². The van der Waals surface area contributed by atoms with Gasteiger partial charge in [0.1, 0.15) is 22.6 Å². The average Bonchev–Trinajstić information content (AvgIpc) is 3.69. The van der Waals surface area contributed by atoms with Crippen molar-refractivity contribution in [3.8, 4) is 22.5 Å². The Kier molecular flexibility index (Phi) is 4.56. The third-order valence-corrected chi connectivity index (χ3v) is 8.03. The van der Waals surface area contributed by atoms with Crippen LogP contribution in [-0.2, 0) is 0 Å². The van der Waals surface area contributed by atoms with Gasteiger partial charge in [-0.15, -0.1) is 0 Å². The van der Waals surface area contributed by atoms with Gasteiger partial charge in [0.05, 0.1) is 22.8 Å². The van der Waals surface area contributed by atoms with Crippen LogP contribution in [-0.4, -0.2) is 29.9 Å². The second-order valence-corrected chi connectivity index (χ2v) is 9.97. The SMILES string of the molecule is C=Cc1c(C=C)c2nc3c4c(nc5[nH]c(nc6c4c(nc1[nH]2)C(=C/C)/C6=C\C)c1ccccc51)-c1ccccc1-3. The third kappa shape index (κ3) is 2.77. The van der Waals surface area contributed by atoms with Gasteiger partial charge in [0.2, 0.25) is 0 Å². The van der Waals surface area contributed by atoms with Gasteiger partial charge in [-0.1, -0.05) is 86.0 Å². The predicted molar refractivity (Wildman–Crippen MR) is 166 cm³/mol. The lowest BCUT2D eigenvalue weighted by atomic mass is 10.1. The molecule has 6 aromatic rings. The van der Waals surface area contributed by atoms with Gasteiger partial charge in [-0.2, -0.15) is 0 Å². The molecule has 4 aromatic heterocycles. The van der Waals surface area contributed by atoms with Gasteiger partial charge in [-0.25, -0.2) is 19.9 Å². The summed E-state index contributed by atoms with van der Waals surface area (Å²) in [6.45, 7) is 12.2. The van der Waals surface area contributed by atoms with E-state index in [0.717, 1.165) is 89.0 Å². The third-order valence-electron chi connectivity index (χ3n) is 8.03. The monoisotopic (exact) mass is 516 g/mol. The van der Waals surface area contributed by atoms with E-state index in [1.807, 2.05) is 37.3 Å². The fourth-order valence-electron chi connectivity index (χ4n) is 6.29. The highest BCUT2D eigenvalue weighted by molar-refractivity contribution is 6.25. The highest BCUT2D eigenvalue weighted by Crippen LogP contribution is 2.50. The van der Waals surface area contributed by atoms with E-state index in [0.29, 0.717) is 11.3 Å². The van der Waals surface area contributed by atoms with Crippen LogP contribution in [0.1, 0.15) is 36.4 Å². The molecule has 4 bridgehead atoms. The summed E-state index contributed by atoms with van der Waals surface area (Å²) in [5.41, 5.74) is 12.2. The summed E-state index contributed by atoms with van der Waals surface area (Å²) in [4.78, 5) is 28.2. The lowest BCUT2D eigenvalue weighted by molar-refractivity contribution is 1.30. The van der Waals surface area contributed by atoms with Gasteiger partial charge in [-0.3, -0.25) is 0 Å². The maximum Gasteiger partial charge on any atom is 0.140 e. The summed E-state index contributed by atoms with van der Waals surface area (Å²) in [7, 11) is 0. The molecule has 0 spiro atoms. The zero-order valence-electron chi connectivity index (χ0n) is 22.1. The molecule has 0 radical (unpaired) electrons. The number of aromatic nitrogens is 6. The first-order chi connectivity index (χ1) is 19.7. The molecule has 6 nitrogen and oxygen atoms in total. The van der Waals surface area contributed by atoms with Gasteiger partial charge in [-0.05, 0) is 13.8 Å². The van der Waals surface area contributed by atoms with E-state index in [9.17, 15) is 0 Å². The maximum absolute atomic E-state index is 5.33. The Morgan fingerprint density at radius 1 is 0.550 bits per heavy atom. The molecule has 4 heterocycles. The van der Waals surface area contributed by atoms with Crippen LogP contribution in [0.25, 0.3) is 89.9 Å². The molecule has 0 unspecified atom stereocenters. The van der Waals surface area contributed by atoms with Gasteiger partial charge >= 0.3 is 0 Å². The lowest BCUT2D eigenvalue weighted by Gasteiger charge is -2.00. The summed E-state index contributed by atoms with van der Waals surface area (Å²) in [6, 6.07) is 16.6. The van der Waals surface area contributed by atoms with Crippen LogP contribution in [0.2, 0.25) is 0 Å². The highest BCUT2D eigenvalue weighted by Gasteiger charge is 2.32. The first-order valence-corrected chi connectivity index (χ1v) is 13.3. The Balaban J connectivity index is 1.78. The number of fused-ring (bicyclic) bond motifs is 10. The molecule has 2 aliphatic rings. The molecule has 6 heteroatoms. The highest BCUT2D eigenvalue weighted by atomic mass is 15.0. The van der Waals surface area contributed by atoms with Crippen molar-refractivity contribution in [2.45, 2.75) is 13.8 Å². The fourth-order valence-corrected chi connectivity index (χ4v) is 6.29. The van der Waals surface area contributed by atoms with E-state index in [2.05, 4.69) is 72.5 Å². The van der Waals surface area contributed by atoms with E-state index in [1.165, 1.54) is 0 Å². The second kappa shape index (κ2) is 8.07. The Hall–Kier alpha value is -5.36. The Bertz CT molecular complexity index is 2270. The molecule has 0 saturated carbocycles. The molecule has 40 heavy (non-hydrogen) atoms. The Morgan fingerprint density at radius 3 is 1.45 bits per heavy atom. The minimum Gasteiger partial charge on any atom is -0.324 e. The molecule has 0 atom stereocenters. The van der Waals surface area contributed by atoms with Crippen LogP contribution in [0, 0.1) is 0 Å². The van der Waals surface area contributed by atoms with Crippen LogP contribution in [0.5, 0.6) is 0 Å². The Labute approximate surface area is 229 Å². The molecule has 0 fully saturated rings. The van der Waals surface area contributed by atoms with Gasteiger partial charge in [0.15, 0.2) is 0 Å². The maximum atomic E-state index is 5.33. The largest absolute Gasteiger partial charge is 0.324 e.